The molecule has 0 aliphatic rings. The maximum Gasteiger partial charge on any atom is 0.171 e. The lowest BCUT2D eigenvalue weighted by atomic mass is 9.92. The van der Waals surface area contributed by atoms with Gasteiger partial charge in [-0.05, 0) is 18.6 Å². The van der Waals surface area contributed by atoms with Crippen molar-refractivity contribution in [3.8, 4) is 17.6 Å². The fourth-order valence-corrected chi connectivity index (χ4v) is 1.83. The van der Waals surface area contributed by atoms with Gasteiger partial charge in [0.2, 0.25) is 0 Å². The van der Waals surface area contributed by atoms with Gasteiger partial charge in [0.25, 0.3) is 0 Å². The third-order valence-electron chi connectivity index (χ3n) is 2.87. The summed E-state index contributed by atoms with van der Waals surface area (Å²) < 4.78 is 10.4. The molecule has 1 aromatic carbocycles. The summed E-state index contributed by atoms with van der Waals surface area (Å²) in [5.41, 5.74) is 0.471. The minimum absolute atomic E-state index is 0.0743. The molecule has 1 aromatic rings. The van der Waals surface area contributed by atoms with Gasteiger partial charge in [-0.3, -0.25) is 4.79 Å². The number of hydrogen-bond donors (Lipinski definition) is 0. The van der Waals surface area contributed by atoms with E-state index in [0.29, 0.717) is 23.5 Å². The van der Waals surface area contributed by atoms with Gasteiger partial charge in [0, 0.05) is 12.3 Å². The van der Waals surface area contributed by atoms with Gasteiger partial charge >= 0.3 is 0 Å². The molecule has 0 saturated carbocycles. The van der Waals surface area contributed by atoms with E-state index in [0.717, 1.165) is 0 Å². The highest BCUT2D eigenvalue weighted by atomic mass is 16.5. The molecule has 0 bridgehead atoms. The fourth-order valence-electron chi connectivity index (χ4n) is 1.83. The summed E-state index contributed by atoms with van der Waals surface area (Å²) in [6.45, 7) is 1.90. The summed E-state index contributed by atoms with van der Waals surface area (Å²) in [5.74, 6) is 0.586. The van der Waals surface area contributed by atoms with Crippen molar-refractivity contribution in [2.75, 3.05) is 14.2 Å². The lowest BCUT2D eigenvalue weighted by Crippen LogP contribution is -2.14. The van der Waals surface area contributed by atoms with Gasteiger partial charge in [-0.1, -0.05) is 13.0 Å². The molecule has 0 aliphatic carbocycles. The van der Waals surface area contributed by atoms with Gasteiger partial charge < -0.3 is 9.47 Å². The van der Waals surface area contributed by atoms with E-state index in [9.17, 15) is 4.79 Å². The number of para-hydroxylation sites is 1. The SMILES string of the molecule is CCC(CC#N)C(=O)c1cccc(OC)c1OC. The molecule has 0 fully saturated rings. The zero-order valence-corrected chi connectivity index (χ0v) is 10.9. The Morgan fingerprint density at radius 3 is 2.61 bits per heavy atom. The zero-order chi connectivity index (χ0) is 13.5. The van der Waals surface area contributed by atoms with E-state index < -0.39 is 0 Å². The molecule has 4 nitrogen and oxygen atoms in total. The standard InChI is InChI=1S/C14H17NO3/c1-4-10(8-9-15)13(16)11-6-5-7-12(17-2)14(11)18-3/h5-7,10H,4,8H2,1-3H3. The van der Waals surface area contributed by atoms with Gasteiger partial charge in [0.15, 0.2) is 17.3 Å². The highest BCUT2D eigenvalue weighted by Crippen LogP contribution is 2.33. The maximum absolute atomic E-state index is 12.3. The summed E-state index contributed by atoms with van der Waals surface area (Å²) >= 11 is 0. The van der Waals surface area contributed by atoms with Crippen LogP contribution in [-0.2, 0) is 0 Å². The van der Waals surface area contributed by atoms with E-state index in [2.05, 4.69) is 0 Å². The number of carbonyl (C=O) groups excluding carboxylic acids is 1. The molecule has 1 atom stereocenters. The van der Waals surface area contributed by atoms with Crippen molar-refractivity contribution in [3.63, 3.8) is 0 Å². The molecule has 0 radical (unpaired) electrons. The molecule has 0 N–H and O–H groups in total. The molecule has 18 heavy (non-hydrogen) atoms. The van der Waals surface area contributed by atoms with Crippen LogP contribution >= 0.6 is 0 Å². The van der Waals surface area contributed by atoms with Crippen molar-refractivity contribution in [1.29, 1.82) is 5.26 Å². The van der Waals surface area contributed by atoms with Crippen LogP contribution in [-0.4, -0.2) is 20.0 Å². The van der Waals surface area contributed by atoms with Crippen molar-refractivity contribution in [1.82, 2.24) is 0 Å². The highest BCUT2D eigenvalue weighted by Gasteiger charge is 2.23. The van der Waals surface area contributed by atoms with Crippen molar-refractivity contribution in [2.45, 2.75) is 19.8 Å². The Balaban J connectivity index is 3.16. The third kappa shape index (κ3) is 2.80. The van der Waals surface area contributed by atoms with Crippen molar-refractivity contribution >= 4 is 5.78 Å². The number of ketones is 1. The normalized spacial score (nSPS) is 11.4. The van der Waals surface area contributed by atoms with Gasteiger partial charge in [0.1, 0.15) is 0 Å². The Hall–Kier alpha value is -2.02. The Bertz CT molecular complexity index is 463. The zero-order valence-electron chi connectivity index (χ0n) is 10.9. The summed E-state index contributed by atoms with van der Waals surface area (Å²) in [5, 5.41) is 8.73. The summed E-state index contributed by atoms with van der Waals surface area (Å²) in [4.78, 5) is 12.3. The molecule has 0 aromatic heterocycles. The molecule has 0 amide bonds. The van der Waals surface area contributed by atoms with E-state index in [1.807, 2.05) is 13.0 Å². The maximum atomic E-state index is 12.3. The van der Waals surface area contributed by atoms with Crippen LogP contribution in [0.4, 0.5) is 0 Å². The summed E-state index contributed by atoms with van der Waals surface area (Å²) in [7, 11) is 3.03. The Morgan fingerprint density at radius 1 is 1.39 bits per heavy atom. The predicted octanol–water partition coefficient (Wildman–Crippen LogP) is 2.83. The molecular weight excluding hydrogens is 230 g/mol. The average Bonchev–Trinajstić information content (AvgIpc) is 2.42. The topological polar surface area (TPSA) is 59.3 Å². The van der Waals surface area contributed by atoms with Crippen LogP contribution in [0.5, 0.6) is 11.5 Å². The molecule has 0 saturated heterocycles. The highest BCUT2D eigenvalue weighted by molar-refractivity contribution is 6.01. The first kappa shape index (κ1) is 14.0. The van der Waals surface area contributed by atoms with Crippen molar-refractivity contribution < 1.29 is 14.3 Å². The van der Waals surface area contributed by atoms with Crippen LogP contribution in [0.2, 0.25) is 0 Å². The third-order valence-corrected chi connectivity index (χ3v) is 2.87. The molecule has 1 rings (SSSR count). The number of rotatable bonds is 6. The largest absolute Gasteiger partial charge is 0.493 e. The molecule has 0 aliphatic heterocycles. The number of Topliss-reactive ketones (excluding diaryl/α,β-unsaturated/α-hetero) is 1. The van der Waals surface area contributed by atoms with E-state index in [-0.39, 0.29) is 18.1 Å². The second-order valence-corrected chi connectivity index (χ2v) is 3.87. The van der Waals surface area contributed by atoms with Crippen LogP contribution in [0.3, 0.4) is 0 Å². The number of carbonyl (C=O) groups is 1. The molecular formula is C14H17NO3. The Kier molecular flexibility index (Phi) is 5.19. The predicted molar refractivity (Wildman–Crippen MR) is 67.9 cm³/mol. The van der Waals surface area contributed by atoms with Crippen molar-refractivity contribution in [2.24, 2.45) is 5.92 Å². The fraction of sp³-hybridized carbons (Fsp3) is 0.429. The van der Waals surface area contributed by atoms with Crippen LogP contribution in [0, 0.1) is 17.2 Å². The van der Waals surface area contributed by atoms with E-state index in [1.54, 1.807) is 18.2 Å². The molecule has 96 valence electrons. The summed E-state index contributed by atoms with van der Waals surface area (Å²) in [6, 6.07) is 7.22. The monoisotopic (exact) mass is 247 g/mol. The van der Waals surface area contributed by atoms with E-state index >= 15 is 0 Å². The van der Waals surface area contributed by atoms with Gasteiger partial charge in [0.05, 0.1) is 25.9 Å². The molecule has 0 spiro atoms. The number of benzene rings is 1. The van der Waals surface area contributed by atoms with Crippen LogP contribution in [0.1, 0.15) is 30.1 Å². The first-order valence-electron chi connectivity index (χ1n) is 5.81. The molecule has 0 heterocycles. The van der Waals surface area contributed by atoms with E-state index in [4.69, 9.17) is 14.7 Å². The first-order valence-corrected chi connectivity index (χ1v) is 5.81. The quantitative estimate of drug-likeness (QED) is 0.725. The van der Waals surface area contributed by atoms with Crippen LogP contribution in [0.15, 0.2) is 18.2 Å². The summed E-state index contributed by atoms with van der Waals surface area (Å²) in [6.07, 6.45) is 0.850. The average molecular weight is 247 g/mol. The number of ether oxygens (including phenoxy) is 2. The van der Waals surface area contributed by atoms with Crippen LogP contribution in [0.25, 0.3) is 0 Å². The lowest BCUT2D eigenvalue weighted by molar-refractivity contribution is 0.0915. The lowest BCUT2D eigenvalue weighted by Gasteiger charge is -2.15. The van der Waals surface area contributed by atoms with Gasteiger partial charge in [-0.25, -0.2) is 0 Å². The van der Waals surface area contributed by atoms with Gasteiger partial charge in [-0.15, -0.1) is 0 Å². The number of methoxy groups -OCH3 is 2. The minimum Gasteiger partial charge on any atom is -0.493 e. The Labute approximate surface area is 107 Å². The smallest absolute Gasteiger partial charge is 0.171 e. The van der Waals surface area contributed by atoms with Crippen molar-refractivity contribution in [3.05, 3.63) is 23.8 Å². The molecule has 4 heteroatoms. The second-order valence-electron chi connectivity index (χ2n) is 3.87. The Morgan fingerprint density at radius 2 is 2.11 bits per heavy atom. The van der Waals surface area contributed by atoms with E-state index in [1.165, 1.54) is 14.2 Å². The first-order chi connectivity index (χ1) is 8.69. The van der Waals surface area contributed by atoms with Gasteiger partial charge in [-0.2, -0.15) is 5.26 Å². The number of nitrogens with zero attached hydrogens (tertiary/aromatic N) is 1. The number of nitriles is 1. The van der Waals surface area contributed by atoms with Crippen LogP contribution < -0.4 is 9.47 Å². The second kappa shape index (κ2) is 6.65. The number of hydrogen-bond acceptors (Lipinski definition) is 4. The molecule has 1 unspecified atom stereocenters. The minimum atomic E-state index is -0.295.